The van der Waals surface area contributed by atoms with Crippen LogP contribution in [-0.2, 0) is 9.53 Å². The largest absolute Gasteiger partial charge is 0.490 e. The van der Waals surface area contributed by atoms with Crippen molar-refractivity contribution in [3.8, 4) is 11.8 Å². The maximum absolute atomic E-state index is 10.6. The standard InChI is InChI=1S/C14H16N2O.C2HF3O2/c1-17-10-2-3-14-5-4-13(11-16-14)12-6-8-15-9-7-12;3-2(4,5)1(6)7/h4-6,11,15H,7-10H2,1H3;(H,6,7). The lowest BCUT2D eigenvalue weighted by molar-refractivity contribution is -0.192. The maximum atomic E-state index is 10.6. The van der Waals surface area contributed by atoms with Gasteiger partial charge in [-0.1, -0.05) is 18.1 Å². The quantitative estimate of drug-likeness (QED) is 0.806. The molecule has 1 aromatic rings. The van der Waals surface area contributed by atoms with Gasteiger partial charge in [0.2, 0.25) is 0 Å². The Morgan fingerprint density at radius 3 is 2.62 bits per heavy atom. The van der Waals surface area contributed by atoms with Crippen molar-refractivity contribution in [2.75, 3.05) is 26.8 Å². The molecule has 0 unspecified atom stereocenters. The molecule has 0 amide bonds. The molecule has 0 aromatic carbocycles. The third-order valence-corrected chi connectivity index (χ3v) is 2.87. The van der Waals surface area contributed by atoms with Gasteiger partial charge in [-0.3, -0.25) is 0 Å². The summed E-state index contributed by atoms with van der Waals surface area (Å²) < 4.78 is 36.6. The van der Waals surface area contributed by atoms with Crippen LogP contribution in [0.2, 0.25) is 0 Å². The molecule has 0 aliphatic carbocycles. The van der Waals surface area contributed by atoms with Crippen LogP contribution in [0.25, 0.3) is 5.57 Å². The number of alkyl halides is 3. The summed E-state index contributed by atoms with van der Waals surface area (Å²) in [6.07, 6.45) is 0.0984. The zero-order valence-electron chi connectivity index (χ0n) is 13.0. The van der Waals surface area contributed by atoms with Crippen LogP contribution in [0.3, 0.4) is 0 Å². The van der Waals surface area contributed by atoms with Gasteiger partial charge in [0, 0.05) is 19.9 Å². The average molecular weight is 342 g/mol. The molecule has 5 nitrogen and oxygen atoms in total. The monoisotopic (exact) mass is 342 g/mol. The summed E-state index contributed by atoms with van der Waals surface area (Å²) in [7, 11) is 1.63. The molecule has 0 atom stereocenters. The lowest BCUT2D eigenvalue weighted by Crippen LogP contribution is -2.21. The smallest absolute Gasteiger partial charge is 0.475 e. The summed E-state index contributed by atoms with van der Waals surface area (Å²) in [5, 5.41) is 10.4. The van der Waals surface area contributed by atoms with E-state index < -0.39 is 12.1 Å². The Morgan fingerprint density at radius 1 is 1.46 bits per heavy atom. The van der Waals surface area contributed by atoms with Gasteiger partial charge in [-0.2, -0.15) is 13.2 Å². The minimum absolute atomic E-state index is 0.445. The van der Waals surface area contributed by atoms with Gasteiger partial charge in [0.05, 0.1) is 0 Å². The number of pyridine rings is 1. The lowest BCUT2D eigenvalue weighted by atomic mass is 10.0. The first-order valence-electron chi connectivity index (χ1n) is 6.98. The first-order valence-corrected chi connectivity index (χ1v) is 6.98. The first kappa shape index (κ1) is 19.7. The Kier molecular flexibility index (Phi) is 7.95. The molecule has 8 heteroatoms. The van der Waals surface area contributed by atoms with E-state index in [0.717, 1.165) is 25.2 Å². The highest BCUT2D eigenvalue weighted by molar-refractivity contribution is 5.73. The second-order valence-electron chi connectivity index (χ2n) is 4.65. The summed E-state index contributed by atoms with van der Waals surface area (Å²) in [6.45, 7) is 2.44. The Hall–Kier alpha value is -2.37. The topological polar surface area (TPSA) is 71.5 Å². The van der Waals surface area contributed by atoms with Crippen LogP contribution in [0.4, 0.5) is 13.2 Å². The Labute approximate surface area is 137 Å². The number of aromatic nitrogens is 1. The Morgan fingerprint density at radius 2 is 2.17 bits per heavy atom. The van der Waals surface area contributed by atoms with Crippen LogP contribution in [0.15, 0.2) is 24.4 Å². The summed E-state index contributed by atoms with van der Waals surface area (Å²) in [5.74, 6) is 3.09. The van der Waals surface area contributed by atoms with Crippen molar-refractivity contribution in [1.29, 1.82) is 0 Å². The minimum atomic E-state index is -5.08. The molecular formula is C16H17F3N2O3. The number of aliphatic carboxylic acids is 1. The van der Waals surface area contributed by atoms with Crippen LogP contribution in [0.5, 0.6) is 0 Å². The molecule has 1 aliphatic heterocycles. The number of hydrogen-bond donors (Lipinski definition) is 2. The molecule has 1 aromatic heterocycles. The van der Waals surface area contributed by atoms with Crippen LogP contribution in [0, 0.1) is 11.8 Å². The number of carboxylic acids is 1. The first-order chi connectivity index (χ1) is 11.3. The number of methoxy groups -OCH3 is 1. The highest BCUT2D eigenvalue weighted by atomic mass is 19.4. The van der Waals surface area contributed by atoms with Crippen molar-refractivity contribution in [3.63, 3.8) is 0 Å². The molecule has 24 heavy (non-hydrogen) atoms. The fourth-order valence-electron chi connectivity index (χ4n) is 1.74. The Balaban J connectivity index is 0.000000351. The predicted octanol–water partition coefficient (Wildman–Crippen LogP) is 2.09. The van der Waals surface area contributed by atoms with Crippen molar-refractivity contribution < 1.29 is 27.8 Å². The molecule has 0 spiro atoms. The molecule has 1 aliphatic rings. The molecule has 0 saturated heterocycles. The van der Waals surface area contributed by atoms with Crippen molar-refractivity contribution in [2.45, 2.75) is 12.6 Å². The SMILES string of the molecule is COCC#Cc1ccc(C2=CCNCC2)cn1.O=C(O)C(F)(F)F. The number of halogens is 3. The number of carbonyl (C=O) groups is 1. The van der Waals surface area contributed by atoms with E-state index in [9.17, 15) is 13.2 Å². The average Bonchev–Trinajstić information content (AvgIpc) is 2.56. The lowest BCUT2D eigenvalue weighted by Gasteiger charge is -2.13. The highest BCUT2D eigenvalue weighted by Crippen LogP contribution is 2.18. The van der Waals surface area contributed by atoms with E-state index in [0.29, 0.717) is 6.61 Å². The molecule has 2 heterocycles. The second-order valence-corrected chi connectivity index (χ2v) is 4.65. The highest BCUT2D eigenvalue weighted by Gasteiger charge is 2.38. The van der Waals surface area contributed by atoms with Crippen LogP contribution >= 0.6 is 0 Å². The van der Waals surface area contributed by atoms with Gasteiger partial charge in [0.25, 0.3) is 0 Å². The number of hydrogen-bond acceptors (Lipinski definition) is 4. The zero-order chi connectivity index (χ0) is 18.0. The normalized spacial score (nSPS) is 13.8. The molecule has 0 fully saturated rings. The van der Waals surface area contributed by atoms with E-state index in [4.69, 9.17) is 14.6 Å². The fourth-order valence-corrected chi connectivity index (χ4v) is 1.74. The van der Waals surface area contributed by atoms with Gasteiger partial charge < -0.3 is 15.2 Å². The van der Waals surface area contributed by atoms with Crippen LogP contribution in [0.1, 0.15) is 17.7 Å². The van der Waals surface area contributed by atoms with E-state index in [1.54, 1.807) is 7.11 Å². The number of carboxylic acid groups (broad SMARTS) is 1. The van der Waals surface area contributed by atoms with E-state index in [1.807, 2.05) is 12.3 Å². The third kappa shape index (κ3) is 7.26. The van der Waals surface area contributed by atoms with Crippen molar-refractivity contribution in [2.24, 2.45) is 0 Å². The van der Waals surface area contributed by atoms with Gasteiger partial charge in [-0.15, -0.1) is 0 Å². The van der Waals surface area contributed by atoms with E-state index in [-0.39, 0.29) is 0 Å². The molecule has 0 radical (unpaired) electrons. The molecule has 2 rings (SSSR count). The Bertz CT molecular complexity index is 629. The van der Waals surface area contributed by atoms with Crippen molar-refractivity contribution in [1.82, 2.24) is 10.3 Å². The second kappa shape index (κ2) is 9.70. The minimum Gasteiger partial charge on any atom is -0.475 e. The van der Waals surface area contributed by atoms with E-state index in [1.165, 1.54) is 11.1 Å². The molecule has 0 saturated carbocycles. The number of ether oxygens (including phenoxy) is 1. The van der Waals surface area contributed by atoms with Gasteiger partial charge in [-0.05, 0) is 36.1 Å². The molecule has 0 bridgehead atoms. The van der Waals surface area contributed by atoms with Crippen LogP contribution < -0.4 is 5.32 Å². The number of nitrogens with zero attached hydrogens (tertiary/aromatic N) is 1. The summed E-state index contributed by atoms with van der Waals surface area (Å²) in [6, 6.07) is 4.04. The van der Waals surface area contributed by atoms with Crippen molar-refractivity contribution in [3.05, 3.63) is 35.7 Å². The predicted molar refractivity (Wildman–Crippen MR) is 82.1 cm³/mol. The number of nitrogens with one attached hydrogen (secondary N) is 1. The zero-order valence-corrected chi connectivity index (χ0v) is 13.0. The maximum Gasteiger partial charge on any atom is 0.490 e. The van der Waals surface area contributed by atoms with Gasteiger partial charge in [0.15, 0.2) is 0 Å². The summed E-state index contributed by atoms with van der Waals surface area (Å²) >= 11 is 0. The number of rotatable bonds is 2. The molecule has 2 N–H and O–H groups in total. The van der Waals surface area contributed by atoms with Gasteiger partial charge in [0.1, 0.15) is 12.3 Å². The molecule has 130 valence electrons. The fraction of sp³-hybridized carbons (Fsp3) is 0.375. The van der Waals surface area contributed by atoms with Crippen molar-refractivity contribution >= 4 is 11.5 Å². The summed E-state index contributed by atoms with van der Waals surface area (Å²) in [4.78, 5) is 13.2. The molecular weight excluding hydrogens is 325 g/mol. The van der Waals surface area contributed by atoms with E-state index >= 15 is 0 Å². The van der Waals surface area contributed by atoms with Crippen LogP contribution in [-0.4, -0.2) is 49.0 Å². The van der Waals surface area contributed by atoms with Gasteiger partial charge in [-0.25, -0.2) is 9.78 Å². The van der Waals surface area contributed by atoms with Gasteiger partial charge >= 0.3 is 12.1 Å². The third-order valence-electron chi connectivity index (χ3n) is 2.87. The van der Waals surface area contributed by atoms with E-state index in [2.05, 4.69) is 34.3 Å². The summed E-state index contributed by atoms with van der Waals surface area (Å²) in [5.41, 5.74) is 3.36.